The Labute approximate surface area is 96.2 Å². The van der Waals surface area contributed by atoms with Crippen molar-refractivity contribution in [3.63, 3.8) is 0 Å². The van der Waals surface area contributed by atoms with Crippen LogP contribution in [-0.4, -0.2) is 18.2 Å². The Kier molecular flexibility index (Phi) is 4.19. The van der Waals surface area contributed by atoms with Crippen molar-refractivity contribution in [3.8, 4) is 0 Å². The first-order chi connectivity index (χ1) is 7.86. The van der Waals surface area contributed by atoms with Gasteiger partial charge in [0.25, 0.3) is 0 Å². The number of hydrogen-bond acceptors (Lipinski definition) is 3. The molecule has 1 aliphatic rings. The van der Waals surface area contributed by atoms with Gasteiger partial charge in [0.1, 0.15) is 11.9 Å². The third-order valence-corrected chi connectivity index (χ3v) is 2.97. The predicted molar refractivity (Wildman–Crippen MR) is 63.1 cm³/mol. The molecule has 16 heavy (non-hydrogen) atoms. The molecule has 0 amide bonds. The molecule has 0 aromatic carbocycles. The number of rotatable bonds is 6. The van der Waals surface area contributed by atoms with E-state index in [1.807, 2.05) is 0 Å². The number of aliphatic hydroxyl groups excluding tert-OH is 1. The molecule has 0 saturated carbocycles. The zero-order valence-corrected chi connectivity index (χ0v) is 9.48. The molecule has 1 aromatic heterocycles. The van der Waals surface area contributed by atoms with E-state index in [0.717, 1.165) is 13.0 Å². The van der Waals surface area contributed by atoms with Crippen molar-refractivity contribution in [3.05, 3.63) is 35.8 Å². The maximum atomic E-state index is 9.73. The first-order valence-corrected chi connectivity index (χ1v) is 5.96. The van der Waals surface area contributed by atoms with Crippen molar-refractivity contribution in [1.82, 2.24) is 5.32 Å². The molecule has 0 fully saturated rings. The number of allylic oxidation sites excluding steroid dienone is 1. The van der Waals surface area contributed by atoms with Gasteiger partial charge in [-0.25, -0.2) is 0 Å². The van der Waals surface area contributed by atoms with Crippen LogP contribution in [0.25, 0.3) is 0 Å². The summed E-state index contributed by atoms with van der Waals surface area (Å²) >= 11 is 0. The molecular formula is C13H19NO2. The molecule has 1 aliphatic carbocycles. The second-order valence-corrected chi connectivity index (χ2v) is 4.24. The molecule has 88 valence electrons. The second-order valence-electron chi connectivity index (χ2n) is 4.24. The Hall–Kier alpha value is -1.06. The van der Waals surface area contributed by atoms with Crippen LogP contribution in [0.5, 0.6) is 0 Å². The lowest BCUT2D eigenvalue weighted by Crippen LogP contribution is -2.22. The summed E-state index contributed by atoms with van der Waals surface area (Å²) in [4.78, 5) is 0. The highest BCUT2D eigenvalue weighted by Crippen LogP contribution is 2.19. The molecule has 2 N–H and O–H groups in total. The summed E-state index contributed by atoms with van der Waals surface area (Å²) in [5, 5.41) is 13.0. The molecule has 1 heterocycles. The SMILES string of the molecule is OC(CNCCC1=CCCC1)c1ccco1. The molecule has 0 saturated heterocycles. The van der Waals surface area contributed by atoms with Gasteiger partial charge in [0.2, 0.25) is 0 Å². The van der Waals surface area contributed by atoms with Crippen LogP contribution in [0.3, 0.4) is 0 Å². The average Bonchev–Trinajstić information content (AvgIpc) is 2.96. The van der Waals surface area contributed by atoms with E-state index in [1.54, 1.807) is 24.0 Å². The van der Waals surface area contributed by atoms with Gasteiger partial charge in [-0.05, 0) is 44.4 Å². The molecule has 0 spiro atoms. The van der Waals surface area contributed by atoms with Crippen molar-refractivity contribution < 1.29 is 9.52 Å². The van der Waals surface area contributed by atoms with Gasteiger partial charge >= 0.3 is 0 Å². The van der Waals surface area contributed by atoms with Gasteiger partial charge in [-0.3, -0.25) is 0 Å². The summed E-state index contributed by atoms with van der Waals surface area (Å²) in [5.41, 5.74) is 1.56. The van der Waals surface area contributed by atoms with Crippen molar-refractivity contribution in [2.45, 2.75) is 31.8 Å². The highest BCUT2D eigenvalue weighted by Gasteiger charge is 2.09. The molecule has 1 aromatic rings. The lowest BCUT2D eigenvalue weighted by atomic mass is 10.1. The summed E-state index contributed by atoms with van der Waals surface area (Å²) in [6, 6.07) is 3.59. The van der Waals surface area contributed by atoms with E-state index < -0.39 is 6.10 Å². The topological polar surface area (TPSA) is 45.4 Å². The van der Waals surface area contributed by atoms with Gasteiger partial charge in [0.15, 0.2) is 0 Å². The van der Waals surface area contributed by atoms with Gasteiger partial charge < -0.3 is 14.8 Å². The number of aliphatic hydroxyl groups is 1. The highest BCUT2D eigenvalue weighted by atomic mass is 16.4. The number of nitrogens with one attached hydrogen (secondary N) is 1. The van der Waals surface area contributed by atoms with Crippen LogP contribution in [-0.2, 0) is 0 Å². The van der Waals surface area contributed by atoms with Gasteiger partial charge in [0, 0.05) is 6.54 Å². The van der Waals surface area contributed by atoms with Crippen LogP contribution in [0.15, 0.2) is 34.5 Å². The average molecular weight is 221 g/mol. The Morgan fingerprint density at radius 1 is 1.50 bits per heavy atom. The fraction of sp³-hybridized carbons (Fsp3) is 0.538. The maximum Gasteiger partial charge on any atom is 0.133 e. The Morgan fingerprint density at radius 2 is 2.44 bits per heavy atom. The largest absolute Gasteiger partial charge is 0.467 e. The summed E-state index contributed by atoms with van der Waals surface area (Å²) in [6.07, 6.45) is 8.29. The molecular weight excluding hydrogens is 202 g/mol. The number of hydrogen-bond donors (Lipinski definition) is 2. The van der Waals surface area contributed by atoms with E-state index in [0.29, 0.717) is 12.3 Å². The molecule has 1 unspecified atom stereocenters. The van der Waals surface area contributed by atoms with E-state index in [9.17, 15) is 5.11 Å². The summed E-state index contributed by atoms with van der Waals surface area (Å²) in [6.45, 7) is 1.49. The van der Waals surface area contributed by atoms with Gasteiger partial charge in [-0.1, -0.05) is 11.6 Å². The zero-order chi connectivity index (χ0) is 11.2. The lowest BCUT2D eigenvalue weighted by Gasteiger charge is -2.09. The van der Waals surface area contributed by atoms with E-state index in [-0.39, 0.29) is 0 Å². The molecule has 1 atom stereocenters. The second kappa shape index (κ2) is 5.87. The Balaban J connectivity index is 1.61. The van der Waals surface area contributed by atoms with Crippen molar-refractivity contribution in [2.75, 3.05) is 13.1 Å². The minimum atomic E-state index is -0.535. The minimum absolute atomic E-state index is 0.535. The summed E-state index contributed by atoms with van der Waals surface area (Å²) in [7, 11) is 0. The smallest absolute Gasteiger partial charge is 0.133 e. The quantitative estimate of drug-likeness (QED) is 0.572. The maximum absolute atomic E-state index is 9.73. The van der Waals surface area contributed by atoms with Crippen molar-refractivity contribution >= 4 is 0 Å². The first-order valence-electron chi connectivity index (χ1n) is 5.96. The highest BCUT2D eigenvalue weighted by molar-refractivity contribution is 5.07. The molecule has 3 heteroatoms. The number of furan rings is 1. The monoisotopic (exact) mass is 221 g/mol. The Bertz CT molecular complexity index is 330. The molecule has 2 rings (SSSR count). The molecule has 0 radical (unpaired) electrons. The zero-order valence-electron chi connectivity index (χ0n) is 9.48. The Morgan fingerprint density at radius 3 is 3.12 bits per heavy atom. The molecule has 3 nitrogen and oxygen atoms in total. The van der Waals surface area contributed by atoms with Crippen LogP contribution in [0, 0.1) is 0 Å². The predicted octanol–water partition coefficient (Wildman–Crippen LogP) is 2.40. The van der Waals surface area contributed by atoms with Crippen LogP contribution in [0.1, 0.15) is 37.5 Å². The van der Waals surface area contributed by atoms with Gasteiger partial charge in [-0.2, -0.15) is 0 Å². The van der Waals surface area contributed by atoms with E-state index in [2.05, 4.69) is 11.4 Å². The third-order valence-electron chi connectivity index (χ3n) is 2.97. The van der Waals surface area contributed by atoms with Crippen LogP contribution >= 0.6 is 0 Å². The summed E-state index contributed by atoms with van der Waals surface area (Å²) < 4.78 is 5.12. The fourth-order valence-corrected chi connectivity index (χ4v) is 2.03. The van der Waals surface area contributed by atoms with E-state index >= 15 is 0 Å². The fourth-order valence-electron chi connectivity index (χ4n) is 2.03. The van der Waals surface area contributed by atoms with E-state index in [1.165, 1.54) is 19.3 Å². The summed E-state index contributed by atoms with van der Waals surface area (Å²) in [5.74, 6) is 0.632. The first kappa shape index (κ1) is 11.4. The molecule has 0 bridgehead atoms. The van der Waals surface area contributed by atoms with E-state index in [4.69, 9.17) is 4.42 Å². The third kappa shape index (κ3) is 3.22. The standard InChI is InChI=1S/C13H19NO2/c15-12(13-6-3-9-16-13)10-14-8-7-11-4-1-2-5-11/h3-4,6,9,12,14-15H,1-2,5,7-8,10H2. The minimum Gasteiger partial charge on any atom is -0.467 e. The van der Waals surface area contributed by atoms with Crippen LogP contribution in [0.4, 0.5) is 0 Å². The molecule has 0 aliphatic heterocycles. The van der Waals surface area contributed by atoms with Crippen molar-refractivity contribution in [1.29, 1.82) is 0 Å². The van der Waals surface area contributed by atoms with Crippen LogP contribution < -0.4 is 5.32 Å². The van der Waals surface area contributed by atoms with Gasteiger partial charge in [-0.15, -0.1) is 0 Å². The normalized spacial score (nSPS) is 17.4. The van der Waals surface area contributed by atoms with Crippen molar-refractivity contribution in [2.24, 2.45) is 0 Å². The van der Waals surface area contributed by atoms with Gasteiger partial charge in [0.05, 0.1) is 6.26 Å². The van der Waals surface area contributed by atoms with Crippen LogP contribution in [0.2, 0.25) is 0 Å². The lowest BCUT2D eigenvalue weighted by molar-refractivity contribution is 0.148.